The largest absolute Gasteiger partial charge is 0.208 e. The predicted octanol–water partition coefficient (Wildman–Crippen LogP) is 14.6. The van der Waals surface area contributed by atoms with Crippen LogP contribution in [0.3, 0.4) is 0 Å². The number of aromatic nitrogens is 3. The zero-order valence-corrected chi connectivity index (χ0v) is 31.7. The highest BCUT2D eigenvalue weighted by Gasteiger charge is 2.17. The molecule has 3 heterocycles. The molecule has 8 aromatic carbocycles. The molecule has 0 aliphatic carbocycles. The van der Waals surface area contributed by atoms with Crippen LogP contribution in [0, 0.1) is 0 Å². The Morgan fingerprint density at radius 2 is 0.804 bits per heavy atom. The second kappa shape index (κ2) is 13.5. The minimum atomic E-state index is 0.651. The van der Waals surface area contributed by atoms with Crippen molar-refractivity contribution in [1.29, 1.82) is 0 Å². The lowest BCUT2D eigenvalue weighted by Gasteiger charge is -2.10. The molecule has 0 fully saturated rings. The van der Waals surface area contributed by atoms with E-state index >= 15 is 0 Å². The number of fused-ring (bicyclic) bond motifs is 6. The van der Waals surface area contributed by atoms with Crippen molar-refractivity contribution in [2.24, 2.45) is 0 Å². The lowest BCUT2D eigenvalue weighted by molar-refractivity contribution is 1.07. The standard InChI is InChI=1S/C51H31N3S2/c1-4-13-32(14-5-1)35-19-12-20-37(27-35)50-52-49(34-17-8-3-9-18-34)53-51(54-50)38-23-25-41-43-28-36(24-26-46(43)55-47(41)31-38)42-29-39(33-15-6-2-7-16-33)30-44-40-21-10-11-22-45(40)56-48(42)44/h1-31H. The molecule has 0 saturated carbocycles. The number of hydrogen-bond donors (Lipinski definition) is 0. The van der Waals surface area contributed by atoms with Crippen LogP contribution >= 0.6 is 22.7 Å². The van der Waals surface area contributed by atoms with Crippen molar-refractivity contribution < 1.29 is 0 Å². The summed E-state index contributed by atoms with van der Waals surface area (Å²) in [5.74, 6) is 1.96. The van der Waals surface area contributed by atoms with Gasteiger partial charge >= 0.3 is 0 Å². The highest BCUT2D eigenvalue weighted by Crippen LogP contribution is 2.45. The van der Waals surface area contributed by atoms with E-state index in [1.807, 2.05) is 46.9 Å². The van der Waals surface area contributed by atoms with Gasteiger partial charge in [-0.15, -0.1) is 22.7 Å². The van der Waals surface area contributed by atoms with Gasteiger partial charge in [0, 0.05) is 62.6 Å². The molecule has 0 radical (unpaired) electrons. The van der Waals surface area contributed by atoms with Crippen LogP contribution in [0.15, 0.2) is 188 Å². The lowest BCUT2D eigenvalue weighted by atomic mass is 9.95. The van der Waals surface area contributed by atoms with Gasteiger partial charge in [0.15, 0.2) is 17.5 Å². The van der Waals surface area contributed by atoms with E-state index in [1.54, 1.807) is 0 Å². The van der Waals surface area contributed by atoms with Gasteiger partial charge in [-0.2, -0.15) is 0 Å². The van der Waals surface area contributed by atoms with Gasteiger partial charge < -0.3 is 0 Å². The second-order valence-electron chi connectivity index (χ2n) is 14.0. The minimum absolute atomic E-state index is 0.651. The maximum Gasteiger partial charge on any atom is 0.164 e. The minimum Gasteiger partial charge on any atom is -0.208 e. The van der Waals surface area contributed by atoms with E-state index in [9.17, 15) is 0 Å². The first kappa shape index (κ1) is 32.6. The van der Waals surface area contributed by atoms with E-state index in [1.165, 1.54) is 62.6 Å². The fourth-order valence-electron chi connectivity index (χ4n) is 7.74. The van der Waals surface area contributed by atoms with Gasteiger partial charge in [-0.25, -0.2) is 15.0 Å². The molecule has 11 aromatic rings. The molecule has 0 atom stereocenters. The first-order valence-electron chi connectivity index (χ1n) is 18.7. The smallest absolute Gasteiger partial charge is 0.164 e. The average molecular weight is 750 g/mol. The maximum absolute atomic E-state index is 5.11. The fraction of sp³-hybridized carbons (Fsp3) is 0. The Morgan fingerprint density at radius 3 is 1.55 bits per heavy atom. The van der Waals surface area contributed by atoms with Crippen molar-refractivity contribution in [2.75, 3.05) is 0 Å². The van der Waals surface area contributed by atoms with Crippen LogP contribution < -0.4 is 0 Å². The highest BCUT2D eigenvalue weighted by atomic mass is 32.1. The molecule has 56 heavy (non-hydrogen) atoms. The highest BCUT2D eigenvalue weighted by molar-refractivity contribution is 7.26. The number of rotatable bonds is 6. The Bertz CT molecular complexity index is 3240. The Kier molecular flexibility index (Phi) is 7.87. The summed E-state index contributed by atoms with van der Waals surface area (Å²) in [7, 11) is 0. The van der Waals surface area contributed by atoms with Crippen LogP contribution in [0.25, 0.3) is 108 Å². The van der Waals surface area contributed by atoms with Crippen LogP contribution in [0.1, 0.15) is 0 Å². The van der Waals surface area contributed by atoms with Crippen LogP contribution in [0.5, 0.6) is 0 Å². The summed E-state index contributed by atoms with van der Waals surface area (Å²) in [4.78, 5) is 15.2. The van der Waals surface area contributed by atoms with Gasteiger partial charge in [0.1, 0.15) is 0 Å². The topological polar surface area (TPSA) is 38.7 Å². The Labute approximate surface area is 331 Å². The number of hydrogen-bond acceptors (Lipinski definition) is 5. The summed E-state index contributed by atoms with van der Waals surface area (Å²) in [6.07, 6.45) is 0. The zero-order valence-electron chi connectivity index (χ0n) is 30.1. The normalized spacial score (nSPS) is 11.6. The first-order chi connectivity index (χ1) is 27.7. The summed E-state index contributed by atoms with van der Waals surface area (Å²) >= 11 is 3.69. The number of nitrogens with zero attached hydrogens (tertiary/aromatic N) is 3. The van der Waals surface area contributed by atoms with Crippen LogP contribution in [-0.2, 0) is 0 Å². The van der Waals surface area contributed by atoms with Crippen molar-refractivity contribution in [1.82, 2.24) is 15.0 Å². The quantitative estimate of drug-likeness (QED) is 0.170. The van der Waals surface area contributed by atoms with Gasteiger partial charge in [0.05, 0.1) is 0 Å². The Morgan fingerprint density at radius 1 is 0.268 bits per heavy atom. The van der Waals surface area contributed by atoms with Crippen molar-refractivity contribution in [3.05, 3.63) is 188 Å². The molecule has 3 aromatic heterocycles. The summed E-state index contributed by atoms with van der Waals surface area (Å²) in [5.41, 5.74) is 10.1. The summed E-state index contributed by atoms with van der Waals surface area (Å²) in [6, 6.07) is 66.9. The third kappa shape index (κ3) is 5.77. The number of benzene rings is 8. The first-order valence-corrected chi connectivity index (χ1v) is 20.3. The molecule has 0 aliphatic heterocycles. The molecule has 0 amide bonds. The molecule has 0 aliphatic rings. The molecule has 0 bridgehead atoms. The van der Waals surface area contributed by atoms with Gasteiger partial charge in [-0.1, -0.05) is 146 Å². The maximum atomic E-state index is 5.11. The Balaban J connectivity index is 1.04. The van der Waals surface area contributed by atoms with Crippen molar-refractivity contribution in [3.63, 3.8) is 0 Å². The molecule has 0 spiro atoms. The van der Waals surface area contributed by atoms with Gasteiger partial charge in [0.25, 0.3) is 0 Å². The molecule has 3 nitrogen and oxygen atoms in total. The zero-order chi connectivity index (χ0) is 37.0. The Hall–Kier alpha value is -6.79. The third-order valence-corrected chi connectivity index (χ3v) is 12.9. The van der Waals surface area contributed by atoms with E-state index in [0.717, 1.165) is 27.8 Å². The van der Waals surface area contributed by atoms with Crippen LogP contribution in [-0.4, -0.2) is 15.0 Å². The molecule has 5 heteroatoms. The van der Waals surface area contributed by atoms with Crippen molar-refractivity contribution in [2.45, 2.75) is 0 Å². The monoisotopic (exact) mass is 749 g/mol. The van der Waals surface area contributed by atoms with Crippen LogP contribution in [0.4, 0.5) is 0 Å². The van der Waals surface area contributed by atoms with Gasteiger partial charge in [0.2, 0.25) is 0 Å². The molecular formula is C51H31N3S2. The van der Waals surface area contributed by atoms with Crippen molar-refractivity contribution >= 4 is 63.0 Å². The molecule has 0 saturated heterocycles. The molecule has 0 unspecified atom stereocenters. The molecule has 0 N–H and O–H groups in total. The van der Waals surface area contributed by atoms with E-state index in [0.29, 0.717) is 17.5 Å². The van der Waals surface area contributed by atoms with E-state index in [4.69, 9.17) is 15.0 Å². The number of thiophene rings is 2. The SMILES string of the molecule is c1ccc(-c2cccc(-c3nc(-c4ccccc4)nc(-c4ccc5c(c4)sc4ccc(-c6cc(-c7ccccc7)cc7c6sc6ccccc67)cc45)n3)c2)cc1. The van der Waals surface area contributed by atoms with Gasteiger partial charge in [-0.05, 0) is 70.3 Å². The predicted molar refractivity (Wildman–Crippen MR) is 238 cm³/mol. The van der Waals surface area contributed by atoms with Crippen LogP contribution in [0.2, 0.25) is 0 Å². The second-order valence-corrected chi connectivity index (χ2v) is 16.1. The summed E-state index contributed by atoms with van der Waals surface area (Å²) < 4.78 is 5.09. The lowest BCUT2D eigenvalue weighted by Crippen LogP contribution is -2.00. The summed E-state index contributed by atoms with van der Waals surface area (Å²) in [6.45, 7) is 0. The van der Waals surface area contributed by atoms with Crippen molar-refractivity contribution in [3.8, 4) is 67.5 Å². The summed E-state index contributed by atoms with van der Waals surface area (Å²) in [5, 5.41) is 5.10. The average Bonchev–Trinajstić information content (AvgIpc) is 3.84. The molecular weight excluding hydrogens is 719 g/mol. The molecule has 11 rings (SSSR count). The fourth-order valence-corrected chi connectivity index (χ4v) is 10.1. The van der Waals surface area contributed by atoms with E-state index in [2.05, 4.69) is 164 Å². The van der Waals surface area contributed by atoms with E-state index in [-0.39, 0.29) is 0 Å². The van der Waals surface area contributed by atoms with E-state index < -0.39 is 0 Å². The third-order valence-electron chi connectivity index (χ3n) is 10.5. The van der Waals surface area contributed by atoms with Gasteiger partial charge in [-0.3, -0.25) is 0 Å². The molecule has 262 valence electrons.